The molecule has 0 aliphatic heterocycles. The minimum absolute atomic E-state index is 0.814. The van der Waals surface area contributed by atoms with E-state index < -0.39 is 7.58 Å². The largest absolute Gasteiger partial charge is 0.325 e. The first-order valence-electron chi connectivity index (χ1n) is 6.72. The van der Waals surface area contributed by atoms with Crippen LogP contribution in [-0.4, -0.2) is 13.2 Å². The van der Waals surface area contributed by atoms with Gasteiger partial charge in [-0.05, 0) is 23.3 Å². The molecule has 0 bridgehead atoms. The highest BCUT2D eigenvalue weighted by Gasteiger charge is 2.08. The number of hydrogen-bond acceptors (Lipinski definition) is 4. The van der Waals surface area contributed by atoms with Crippen molar-refractivity contribution in [1.82, 2.24) is 0 Å². The van der Waals surface area contributed by atoms with E-state index in [1.54, 1.807) is 0 Å². The average Bonchev–Trinajstić information content (AvgIpc) is 2.36. The van der Waals surface area contributed by atoms with Gasteiger partial charge in [0.15, 0.2) is 0 Å². The second kappa shape index (κ2) is 15.1. The zero-order valence-electron chi connectivity index (χ0n) is 11.2. The van der Waals surface area contributed by atoms with Gasteiger partial charge in [-0.1, -0.05) is 52.4 Å². The Hall–Kier alpha value is 1.05. The van der Waals surface area contributed by atoms with Crippen molar-refractivity contribution in [3.05, 3.63) is 0 Å². The van der Waals surface area contributed by atoms with Crippen LogP contribution in [0.2, 0.25) is 0 Å². The van der Waals surface area contributed by atoms with E-state index >= 15 is 0 Å². The molecule has 0 unspecified atom stereocenters. The Morgan fingerprint density at radius 2 is 1.29 bits per heavy atom. The van der Waals surface area contributed by atoms with Gasteiger partial charge < -0.3 is 9.05 Å². The minimum atomic E-state index is -0.819. The van der Waals surface area contributed by atoms with Crippen LogP contribution in [0.15, 0.2) is 0 Å². The van der Waals surface area contributed by atoms with Crippen LogP contribution in [-0.2, 0) is 9.05 Å². The number of unbranched alkanes of at least 4 members (excludes halogenated alkanes) is 6. The monoisotopic (exact) mass is 298 g/mol. The van der Waals surface area contributed by atoms with Gasteiger partial charge in [0.25, 0.3) is 0 Å². The summed E-state index contributed by atoms with van der Waals surface area (Å²) in [6, 6.07) is 0. The topological polar surface area (TPSA) is 18.5 Å². The molecule has 0 rings (SSSR count). The molecule has 0 amide bonds. The van der Waals surface area contributed by atoms with E-state index in [1.165, 1.54) is 48.9 Å². The Kier molecular flexibility index (Phi) is 16.0. The lowest BCUT2D eigenvalue weighted by atomic mass is 10.2. The van der Waals surface area contributed by atoms with Crippen LogP contribution in [0.1, 0.15) is 65.2 Å². The van der Waals surface area contributed by atoms with E-state index in [2.05, 4.69) is 25.5 Å². The average molecular weight is 298 g/mol. The van der Waals surface area contributed by atoms with E-state index in [0.717, 1.165) is 26.1 Å². The summed E-state index contributed by atoms with van der Waals surface area (Å²) < 4.78 is 11.3. The van der Waals surface area contributed by atoms with Crippen LogP contribution in [0.4, 0.5) is 0 Å². The van der Waals surface area contributed by atoms with Crippen molar-refractivity contribution in [3.63, 3.8) is 0 Å². The molecule has 0 aromatic heterocycles. The molecular formula is C12H27O2PS2. The molecular weight excluding hydrogens is 271 g/mol. The van der Waals surface area contributed by atoms with Crippen LogP contribution in [0.25, 0.3) is 0 Å². The van der Waals surface area contributed by atoms with Crippen LogP contribution in [0.3, 0.4) is 0 Å². The molecule has 0 fully saturated rings. The molecule has 0 aromatic rings. The quantitative estimate of drug-likeness (QED) is 0.195. The lowest BCUT2D eigenvalue weighted by molar-refractivity contribution is 0.252. The molecule has 17 heavy (non-hydrogen) atoms. The molecule has 0 aliphatic rings. The van der Waals surface area contributed by atoms with E-state index in [9.17, 15) is 0 Å². The minimum Gasteiger partial charge on any atom is -0.325 e. The molecule has 0 radical (unpaired) electrons. The van der Waals surface area contributed by atoms with Crippen molar-refractivity contribution in [2.24, 2.45) is 0 Å². The summed E-state index contributed by atoms with van der Waals surface area (Å²) >= 11 is 4.20. The van der Waals surface area contributed by atoms with E-state index in [-0.39, 0.29) is 0 Å². The highest BCUT2D eigenvalue weighted by molar-refractivity contribution is 8.92. The third kappa shape index (κ3) is 13.3. The molecule has 0 saturated carbocycles. The number of hydrogen-bond donors (Lipinski definition) is 1. The predicted octanol–water partition coefficient (Wildman–Crippen LogP) is 5.99. The molecule has 5 heteroatoms. The lowest BCUT2D eigenvalue weighted by Gasteiger charge is -2.13. The molecule has 0 spiro atoms. The van der Waals surface area contributed by atoms with Crippen molar-refractivity contribution in [2.45, 2.75) is 65.2 Å². The Balaban J connectivity index is 3.30. The fourth-order valence-corrected chi connectivity index (χ4v) is 3.72. The molecule has 0 heterocycles. The van der Waals surface area contributed by atoms with Gasteiger partial charge in [-0.3, -0.25) is 0 Å². The highest BCUT2D eigenvalue weighted by atomic mass is 33.3. The molecule has 0 atom stereocenters. The van der Waals surface area contributed by atoms with Crippen LogP contribution < -0.4 is 0 Å². The second-order valence-corrected chi connectivity index (χ2v) is 8.07. The maximum absolute atomic E-state index is 5.67. The second-order valence-electron chi connectivity index (χ2n) is 4.09. The molecule has 0 N–H and O–H groups in total. The summed E-state index contributed by atoms with van der Waals surface area (Å²) in [5.41, 5.74) is 0. The van der Waals surface area contributed by atoms with Gasteiger partial charge in [-0.15, -0.1) is 11.7 Å². The first-order valence-corrected chi connectivity index (χ1v) is 10.4. The third-order valence-electron chi connectivity index (χ3n) is 2.46. The van der Waals surface area contributed by atoms with E-state index in [4.69, 9.17) is 9.05 Å². The van der Waals surface area contributed by atoms with Crippen molar-refractivity contribution < 1.29 is 9.05 Å². The van der Waals surface area contributed by atoms with Crippen LogP contribution in [0.5, 0.6) is 0 Å². The van der Waals surface area contributed by atoms with Crippen LogP contribution in [0, 0.1) is 0 Å². The Morgan fingerprint density at radius 1 is 0.824 bits per heavy atom. The standard InChI is InChI=1S/C12H27O2PS2/c1-3-5-7-9-11-13-15(17-16)14-12-10-8-6-4-2/h16H,3-12H2,1-2H3. The summed E-state index contributed by atoms with van der Waals surface area (Å²) in [5.74, 6) is 0. The molecule has 2 nitrogen and oxygen atoms in total. The van der Waals surface area contributed by atoms with Gasteiger partial charge in [0.05, 0.1) is 13.2 Å². The summed E-state index contributed by atoms with van der Waals surface area (Å²) in [6.45, 7) is 6.07. The van der Waals surface area contributed by atoms with Crippen molar-refractivity contribution in [3.8, 4) is 0 Å². The maximum atomic E-state index is 5.67. The first-order chi connectivity index (χ1) is 8.35. The predicted molar refractivity (Wildman–Crippen MR) is 83.7 cm³/mol. The lowest BCUT2D eigenvalue weighted by Crippen LogP contribution is -1.93. The fraction of sp³-hybridized carbons (Fsp3) is 1.00. The molecule has 0 aliphatic carbocycles. The summed E-state index contributed by atoms with van der Waals surface area (Å²) in [6.07, 6.45) is 9.93. The van der Waals surface area contributed by atoms with Crippen molar-refractivity contribution in [1.29, 1.82) is 0 Å². The van der Waals surface area contributed by atoms with Gasteiger partial charge >= 0.3 is 0 Å². The van der Waals surface area contributed by atoms with Crippen molar-refractivity contribution in [2.75, 3.05) is 13.2 Å². The van der Waals surface area contributed by atoms with E-state index in [1.807, 2.05) is 0 Å². The SMILES string of the molecule is CCCCCCOP(OCCCCCC)SS. The molecule has 104 valence electrons. The van der Waals surface area contributed by atoms with Gasteiger partial charge in [0.1, 0.15) is 0 Å². The Bertz CT molecular complexity index is 136. The summed E-state index contributed by atoms with van der Waals surface area (Å²) in [7, 11) is 0.593. The number of thiol groups is 1. The highest BCUT2D eigenvalue weighted by Crippen LogP contribution is 2.54. The van der Waals surface area contributed by atoms with Crippen LogP contribution >= 0.6 is 29.7 Å². The Labute approximate surface area is 117 Å². The van der Waals surface area contributed by atoms with Crippen molar-refractivity contribution >= 4 is 29.7 Å². The molecule has 0 saturated heterocycles. The zero-order valence-corrected chi connectivity index (χ0v) is 13.8. The number of rotatable bonds is 13. The molecule has 0 aromatic carbocycles. The van der Waals surface area contributed by atoms with Gasteiger partial charge in [-0.2, -0.15) is 0 Å². The smallest absolute Gasteiger partial charge is 0.249 e. The maximum Gasteiger partial charge on any atom is 0.249 e. The Morgan fingerprint density at radius 3 is 1.65 bits per heavy atom. The normalized spacial score (nSPS) is 11.3. The fourth-order valence-electron chi connectivity index (χ4n) is 1.42. The van der Waals surface area contributed by atoms with Gasteiger partial charge in [0, 0.05) is 0 Å². The first kappa shape index (κ1) is 18.0. The summed E-state index contributed by atoms with van der Waals surface area (Å²) in [5, 5.41) is 0. The zero-order chi connectivity index (χ0) is 12.8. The third-order valence-corrected chi connectivity index (χ3v) is 5.61. The summed E-state index contributed by atoms with van der Waals surface area (Å²) in [4.78, 5) is 0. The van der Waals surface area contributed by atoms with E-state index in [0.29, 0.717) is 0 Å². The van der Waals surface area contributed by atoms with Gasteiger partial charge in [0.2, 0.25) is 7.58 Å². The van der Waals surface area contributed by atoms with Gasteiger partial charge in [-0.25, -0.2) is 0 Å².